The third kappa shape index (κ3) is 3.49. The van der Waals surface area contributed by atoms with Crippen LogP contribution in [0.4, 0.5) is 10.1 Å². The fourth-order valence-corrected chi connectivity index (χ4v) is 5.47. The molecule has 0 spiro atoms. The van der Waals surface area contributed by atoms with Gasteiger partial charge in [-0.15, -0.1) is 0 Å². The molecule has 0 aromatic heterocycles. The second kappa shape index (κ2) is 7.94. The second-order valence-electron chi connectivity index (χ2n) is 8.99. The van der Waals surface area contributed by atoms with Gasteiger partial charge in [-0.3, -0.25) is 9.79 Å². The number of aliphatic imine (C=N–C) groups is 1. The van der Waals surface area contributed by atoms with E-state index in [2.05, 4.69) is 23.7 Å². The van der Waals surface area contributed by atoms with Gasteiger partial charge >= 0.3 is 0 Å². The first kappa shape index (κ1) is 19.6. The Hall–Kier alpha value is -1.75. The lowest BCUT2D eigenvalue weighted by Crippen LogP contribution is -2.50. The molecular formula is C23H32FN3O. The molecule has 1 aromatic carbocycles. The van der Waals surface area contributed by atoms with Crippen molar-refractivity contribution in [1.82, 2.24) is 4.90 Å². The molecular weight excluding hydrogens is 353 g/mol. The highest BCUT2D eigenvalue weighted by Crippen LogP contribution is 2.37. The van der Waals surface area contributed by atoms with Crippen LogP contribution in [0.25, 0.3) is 0 Å². The Labute approximate surface area is 167 Å². The number of hydrogen-bond acceptors (Lipinski definition) is 3. The van der Waals surface area contributed by atoms with E-state index in [0.717, 1.165) is 43.5 Å². The number of piperidine rings is 1. The van der Waals surface area contributed by atoms with E-state index in [9.17, 15) is 9.18 Å². The number of likely N-dealkylation sites (tertiary alicyclic amines) is 1. The van der Waals surface area contributed by atoms with Gasteiger partial charge in [0.2, 0.25) is 0 Å². The lowest BCUT2D eigenvalue weighted by molar-refractivity contribution is -0.112. The van der Waals surface area contributed by atoms with E-state index in [0.29, 0.717) is 17.3 Å². The van der Waals surface area contributed by atoms with E-state index < -0.39 is 0 Å². The molecule has 2 heterocycles. The van der Waals surface area contributed by atoms with Gasteiger partial charge in [-0.1, -0.05) is 13.8 Å². The average Bonchev–Trinajstić information content (AvgIpc) is 2.98. The summed E-state index contributed by atoms with van der Waals surface area (Å²) in [5.74, 6) is 1.30. The molecule has 152 valence electrons. The van der Waals surface area contributed by atoms with Crippen LogP contribution in [0, 0.1) is 17.7 Å². The third-order valence-electron chi connectivity index (χ3n) is 7.18. The smallest absolute Gasteiger partial charge is 0.277 e. The molecule has 0 N–H and O–H groups in total. The zero-order valence-electron chi connectivity index (χ0n) is 17.3. The van der Waals surface area contributed by atoms with E-state index >= 15 is 0 Å². The molecule has 1 amide bonds. The van der Waals surface area contributed by atoms with Crippen LogP contribution >= 0.6 is 0 Å². The standard InChI is InChI=1S/C23H32FN3O/c1-15(2)16-4-7-18(8-5-16)26-12-10-19(11-13-26)27-21-9-6-17(24)14-20(21)22(25-3)23(27)28/h6,9,14-16,18-19H,4-5,7-8,10-13H2,1-3H3. The molecule has 0 bridgehead atoms. The summed E-state index contributed by atoms with van der Waals surface area (Å²) in [6, 6.07) is 5.51. The summed E-state index contributed by atoms with van der Waals surface area (Å²) in [5, 5.41) is 0. The Morgan fingerprint density at radius 3 is 2.32 bits per heavy atom. The summed E-state index contributed by atoms with van der Waals surface area (Å²) < 4.78 is 13.7. The van der Waals surface area contributed by atoms with Gasteiger partial charge in [0.25, 0.3) is 5.91 Å². The number of amides is 1. The monoisotopic (exact) mass is 385 g/mol. The molecule has 4 nitrogen and oxygen atoms in total. The van der Waals surface area contributed by atoms with Gasteiger partial charge in [-0.05, 0) is 68.6 Å². The fourth-order valence-electron chi connectivity index (χ4n) is 5.47. The van der Waals surface area contributed by atoms with Crippen LogP contribution in [0.5, 0.6) is 0 Å². The number of anilines is 1. The van der Waals surface area contributed by atoms with Gasteiger partial charge in [-0.25, -0.2) is 4.39 Å². The van der Waals surface area contributed by atoms with Crippen molar-refractivity contribution in [3.8, 4) is 0 Å². The lowest BCUT2D eigenvalue weighted by atomic mass is 9.79. The van der Waals surface area contributed by atoms with Gasteiger partial charge < -0.3 is 9.80 Å². The Balaban J connectivity index is 1.41. The maximum atomic E-state index is 13.7. The number of carbonyl (C=O) groups is 1. The Bertz CT molecular complexity index is 759. The van der Waals surface area contributed by atoms with Crippen LogP contribution in [0.1, 0.15) is 57.9 Å². The van der Waals surface area contributed by atoms with Gasteiger partial charge in [0.15, 0.2) is 0 Å². The van der Waals surface area contributed by atoms with Crippen LogP contribution in [0.15, 0.2) is 23.2 Å². The molecule has 1 saturated carbocycles. The molecule has 5 heteroatoms. The van der Waals surface area contributed by atoms with Crippen molar-refractivity contribution >= 4 is 17.3 Å². The molecule has 2 aliphatic heterocycles. The summed E-state index contributed by atoms with van der Waals surface area (Å²) in [5.41, 5.74) is 1.86. The van der Waals surface area contributed by atoms with Crippen LogP contribution < -0.4 is 4.90 Å². The van der Waals surface area contributed by atoms with E-state index in [4.69, 9.17) is 0 Å². The first-order chi connectivity index (χ1) is 13.5. The van der Waals surface area contributed by atoms with Crippen molar-refractivity contribution < 1.29 is 9.18 Å². The molecule has 3 aliphatic rings. The molecule has 4 rings (SSSR count). The Kier molecular flexibility index (Phi) is 5.55. The van der Waals surface area contributed by atoms with Crippen LogP contribution in [-0.4, -0.2) is 48.7 Å². The van der Waals surface area contributed by atoms with Gasteiger partial charge in [0, 0.05) is 37.8 Å². The van der Waals surface area contributed by atoms with Crippen LogP contribution in [0.3, 0.4) is 0 Å². The van der Waals surface area contributed by atoms with Gasteiger partial charge in [0.05, 0.1) is 5.69 Å². The molecule has 2 fully saturated rings. The summed E-state index contributed by atoms with van der Waals surface area (Å²) in [4.78, 5) is 21.6. The van der Waals surface area contributed by atoms with Crippen LogP contribution in [0.2, 0.25) is 0 Å². The predicted molar refractivity (Wildman–Crippen MR) is 112 cm³/mol. The van der Waals surface area contributed by atoms with Crippen LogP contribution in [-0.2, 0) is 4.79 Å². The van der Waals surface area contributed by atoms with Crippen molar-refractivity contribution in [2.75, 3.05) is 25.0 Å². The number of fused-ring (bicyclic) bond motifs is 1. The Morgan fingerprint density at radius 2 is 1.71 bits per heavy atom. The lowest BCUT2D eigenvalue weighted by Gasteiger charge is -2.43. The summed E-state index contributed by atoms with van der Waals surface area (Å²) in [6.07, 6.45) is 7.27. The quantitative estimate of drug-likeness (QED) is 0.779. The van der Waals surface area contributed by atoms with Crippen molar-refractivity contribution in [1.29, 1.82) is 0 Å². The minimum Gasteiger partial charge on any atom is -0.303 e. The SMILES string of the molecule is CN=C1C(=O)N(C2CCN(C3CCC(C(C)C)CC3)CC2)c2ccc(F)cc21. The first-order valence-corrected chi connectivity index (χ1v) is 10.8. The minimum atomic E-state index is -0.318. The zero-order chi connectivity index (χ0) is 19.8. The van der Waals surface area contributed by atoms with E-state index in [-0.39, 0.29) is 17.8 Å². The van der Waals surface area contributed by atoms with Crippen molar-refractivity contribution in [3.63, 3.8) is 0 Å². The minimum absolute atomic E-state index is 0.0704. The topological polar surface area (TPSA) is 35.9 Å². The third-order valence-corrected chi connectivity index (χ3v) is 7.18. The normalized spacial score (nSPS) is 28.4. The highest BCUT2D eigenvalue weighted by atomic mass is 19.1. The van der Waals surface area contributed by atoms with Crippen molar-refractivity contribution in [2.24, 2.45) is 16.8 Å². The number of rotatable bonds is 3. The van der Waals surface area contributed by atoms with Gasteiger partial charge in [0.1, 0.15) is 11.5 Å². The maximum absolute atomic E-state index is 13.7. The number of nitrogens with zero attached hydrogens (tertiary/aromatic N) is 3. The van der Waals surface area contributed by atoms with Crippen molar-refractivity contribution in [3.05, 3.63) is 29.6 Å². The maximum Gasteiger partial charge on any atom is 0.277 e. The molecule has 0 radical (unpaired) electrons. The molecule has 1 aromatic rings. The summed E-state index contributed by atoms with van der Waals surface area (Å²) in [7, 11) is 1.61. The van der Waals surface area contributed by atoms with Crippen molar-refractivity contribution in [2.45, 2.75) is 64.5 Å². The highest BCUT2D eigenvalue weighted by molar-refractivity contribution is 6.54. The molecule has 28 heavy (non-hydrogen) atoms. The fraction of sp³-hybridized carbons (Fsp3) is 0.652. The second-order valence-corrected chi connectivity index (χ2v) is 8.99. The largest absolute Gasteiger partial charge is 0.303 e. The first-order valence-electron chi connectivity index (χ1n) is 10.8. The number of benzene rings is 1. The molecule has 1 saturated heterocycles. The average molecular weight is 386 g/mol. The van der Waals surface area contributed by atoms with E-state index in [1.54, 1.807) is 13.1 Å². The van der Waals surface area contributed by atoms with E-state index in [1.165, 1.54) is 37.8 Å². The highest BCUT2D eigenvalue weighted by Gasteiger charge is 2.40. The number of carbonyl (C=O) groups excluding carboxylic acids is 1. The molecule has 0 atom stereocenters. The molecule has 1 aliphatic carbocycles. The Morgan fingerprint density at radius 1 is 1.04 bits per heavy atom. The zero-order valence-corrected chi connectivity index (χ0v) is 17.3. The van der Waals surface area contributed by atoms with E-state index in [1.807, 2.05) is 4.90 Å². The number of halogens is 1. The summed E-state index contributed by atoms with van der Waals surface area (Å²) >= 11 is 0. The summed E-state index contributed by atoms with van der Waals surface area (Å²) in [6.45, 7) is 6.78. The van der Waals surface area contributed by atoms with Gasteiger partial charge in [-0.2, -0.15) is 0 Å². The predicted octanol–water partition coefficient (Wildman–Crippen LogP) is 4.27. The molecule has 0 unspecified atom stereocenters. The number of hydrogen-bond donors (Lipinski definition) is 0.